The van der Waals surface area contributed by atoms with Crippen LogP contribution >= 0.6 is 11.3 Å². The maximum absolute atomic E-state index is 13.0. The molecule has 0 aliphatic heterocycles. The van der Waals surface area contributed by atoms with E-state index < -0.39 is 11.7 Å². The number of hydrogen-bond acceptors (Lipinski definition) is 6. The van der Waals surface area contributed by atoms with Gasteiger partial charge in [0, 0.05) is 17.3 Å². The molecule has 1 heterocycles. The summed E-state index contributed by atoms with van der Waals surface area (Å²) < 4.78 is 50.6. The molecule has 5 aromatic rings. The predicted molar refractivity (Wildman–Crippen MR) is 137 cm³/mol. The molecule has 0 fully saturated rings. The second-order valence-corrected chi connectivity index (χ2v) is 8.97. The van der Waals surface area contributed by atoms with Crippen LogP contribution in [-0.4, -0.2) is 10.2 Å². The van der Waals surface area contributed by atoms with Crippen molar-refractivity contribution in [1.29, 1.82) is 0 Å². The number of alkyl halides is 3. The molecule has 1 aromatic heterocycles. The van der Waals surface area contributed by atoms with Crippen LogP contribution in [0, 0.1) is 0 Å². The molecule has 0 radical (unpaired) electrons. The van der Waals surface area contributed by atoms with E-state index in [1.165, 1.54) is 23.5 Å². The summed E-state index contributed by atoms with van der Waals surface area (Å²) in [5.41, 5.74) is 1.84. The molecule has 0 aliphatic carbocycles. The molecular weight excluding hydrogens is 499 g/mol. The van der Waals surface area contributed by atoms with Gasteiger partial charge in [-0.25, -0.2) is 0 Å². The summed E-state index contributed by atoms with van der Waals surface area (Å²) in [5, 5.41) is 12.9. The van der Waals surface area contributed by atoms with Gasteiger partial charge in [-0.05, 0) is 48.0 Å². The predicted octanol–water partition coefficient (Wildman–Crippen LogP) is 8.34. The van der Waals surface area contributed by atoms with Crippen molar-refractivity contribution in [3.8, 4) is 27.8 Å². The van der Waals surface area contributed by atoms with Crippen LogP contribution in [-0.2, 0) is 12.8 Å². The zero-order chi connectivity index (χ0) is 25.7. The fourth-order valence-corrected chi connectivity index (χ4v) is 4.24. The van der Waals surface area contributed by atoms with Crippen LogP contribution in [0.2, 0.25) is 0 Å². The third-order valence-electron chi connectivity index (χ3n) is 5.24. The zero-order valence-electron chi connectivity index (χ0n) is 19.3. The Hall–Kier alpha value is -4.37. The van der Waals surface area contributed by atoms with Crippen molar-refractivity contribution in [3.63, 3.8) is 0 Å². The Balaban J connectivity index is 1.26. The van der Waals surface area contributed by atoms with Crippen molar-refractivity contribution in [2.24, 2.45) is 0 Å². The van der Waals surface area contributed by atoms with Crippen LogP contribution in [0.5, 0.6) is 17.2 Å². The normalized spacial score (nSPS) is 11.2. The molecular formula is C28H20F3N3O2S. The maximum atomic E-state index is 13.0. The Morgan fingerprint density at radius 3 is 2.27 bits per heavy atom. The van der Waals surface area contributed by atoms with Crippen molar-refractivity contribution in [1.82, 2.24) is 10.2 Å². The lowest BCUT2D eigenvalue weighted by atomic mass is 10.2. The zero-order valence-corrected chi connectivity index (χ0v) is 20.1. The number of hydrogen-bond donors (Lipinski definition) is 1. The van der Waals surface area contributed by atoms with Gasteiger partial charge in [0.15, 0.2) is 0 Å². The summed E-state index contributed by atoms with van der Waals surface area (Å²) in [6.07, 6.45) is -4.44. The molecule has 0 saturated carbocycles. The van der Waals surface area contributed by atoms with E-state index in [0.717, 1.165) is 34.7 Å². The van der Waals surface area contributed by atoms with E-state index in [1.54, 1.807) is 18.2 Å². The number of anilines is 2. The Bertz CT molecular complexity index is 1490. The highest BCUT2D eigenvalue weighted by Crippen LogP contribution is 2.35. The second-order valence-electron chi connectivity index (χ2n) is 7.99. The smallest absolute Gasteiger partial charge is 0.416 e. The standard InChI is InChI=1S/C28H20F3N3O2S/c29-28(30,31)21-10-5-14-25(16-21)36-24-13-4-9-20(15-24)26-33-34-27(37-26)32-22-11-6-12-23(17-22)35-18-19-7-2-1-3-8-19/h1-17H,18H2,(H,32,34). The number of benzene rings is 4. The van der Waals surface area contributed by atoms with E-state index in [-0.39, 0.29) is 5.75 Å². The number of nitrogens with one attached hydrogen (secondary N) is 1. The Morgan fingerprint density at radius 1 is 0.730 bits per heavy atom. The van der Waals surface area contributed by atoms with E-state index in [2.05, 4.69) is 15.5 Å². The molecule has 0 spiro atoms. The highest BCUT2D eigenvalue weighted by molar-refractivity contribution is 7.18. The number of rotatable bonds is 8. The van der Waals surface area contributed by atoms with Gasteiger partial charge in [-0.3, -0.25) is 0 Å². The van der Waals surface area contributed by atoms with Crippen molar-refractivity contribution in [2.45, 2.75) is 12.8 Å². The van der Waals surface area contributed by atoms with E-state index in [1.807, 2.05) is 60.7 Å². The van der Waals surface area contributed by atoms with Gasteiger partial charge in [0.25, 0.3) is 0 Å². The first-order valence-corrected chi connectivity index (χ1v) is 12.1. The van der Waals surface area contributed by atoms with Gasteiger partial charge in [-0.2, -0.15) is 13.2 Å². The second kappa shape index (κ2) is 10.7. The largest absolute Gasteiger partial charge is 0.489 e. The SMILES string of the molecule is FC(F)(F)c1cccc(Oc2cccc(-c3nnc(Nc4cccc(OCc5ccccc5)c4)s3)c2)c1. The molecule has 186 valence electrons. The van der Waals surface area contributed by atoms with Crippen LogP contribution in [0.15, 0.2) is 103 Å². The minimum absolute atomic E-state index is 0.0981. The summed E-state index contributed by atoms with van der Waals surface area (Å²) in [6.45, 7) is 0.464. The molecule has 0 saturated heterocycles. The summed E-state index contributed by atoms with van der Waals surface area (Å²) in [6, 6.07) is 29.2. The van der Waals surface area contributed by atoms with Crippen molar-refractivity contribution in [3.05, 3.63) is 114 Å². The highest BCUT2D eigenvalue weighted by Gasteiger charge is 2.30. The van der Waals surface area contributed by atoms with Crippen LogP contribution in [0.1, 0.15) is 11.1 Å². The molecule has 9 heteroatoms. The Morgan fingerprint density at radius 2 is 1.46 bits per heavy atom. The Kier molecular flexibility index (Phi) is 7.04. The average molecular weight is 520 g/mol. The lowest BCUT2D eigenvalue weighted by Crippen LogP contribution is -2.04. The van der Waals surface area contributed by atoms with Crippen molar-refractivity contribution < 1.29 is 22.6 Å². The minimum Gasteiger partial charge on any atom is -0.489 e. The van der Waals surface area contributed by atoms with Gasteiger partial charge in [0.2, 0.25) is 5.13 Å². The quantitative estimate of drug-likeness (QED) is 0.223. The molecule has 37 heavy (non-hydrogen) atoms. The van der Waals surface area contributed by atoms with Gasteiger partial charge in [0.05, 0.1) is 5.56 Å². The van der Waals surface area contributed by atoms with Gasteiger partial charge < -0.3 is 14.8 Å². The van der Waals surface area contributed by atoms with E-state index in [4.69, 9.17) is 9.47 Å². The number of halogens is 3. The molecule has 1 N–H and O–H groups in total. The van der Waals surface area contributed by atoms with Gasteiger partial charge in [0.1, 0.15) is 28.9 Å². The average Bonchev–Trinajstić information content (AvgIpc) is 3.37. The highest BCUT2D eigenvalue weighted by atomic mass is 32.1. The van der Waals surface area contributed by atoms with Crippen LogP contribution < -0.4 is 14.8 Å². The first-order chi connectivity index (χ1) is 17.9. The Labute approximate surface area is 215 Å². The lowest BCUT2D eigenvalue weighted by Gasteiger charge is -2.10. The molecule has 0 atom stereocenters. The van der Waals surface area contributed by atoms with Gasteiger partial charge >= 0.3 is 6.18 Å². The summed E-state index contributed by atoms with van der Waals surface area (Å²) in [7, 11) is 0. The van der Waals surface area contributed by atoms with E-state index >= 15 is 0 Å². The molecule has 0 bridgehead atoms. The molecule has 5 rings (SSSR count). The first kappa shape index (κ1) is 24.3. The van der Waals surface area contributed by atoms with E-state index in [0.29, 0.717) is 22.5 Å². The third kappa shape index (κ3) is 6.45. The first-order valence-electron chi connectivity index (χ1n) is 11.3. The number of ether oxygens (including phenoxy) is 2. The number of aromatic nitrogens is 2. The van der Waals surface area contributed by atoms with Crippen molar-refractivity contribution >= 4 is 22.2 Å². The summed E-state index contributed by atoms with van der Waals surface area (Å²) in [4.78, 5) is 0. The fourth-order valence-electron chi connectivity index (χ4n) is 3.48. The van der Waals surface area contributed by atoms with E-state index in [9.17, 15) is 13.2 Å². The minimum atomic E-state index is -4.44. The summed E-state index contributed by atoms with van der Waals surface area (Å²) in [5.74, 6) is 1.21. The van der Waals surface area contributed by atoms with Gasteiger partial charge in [-0.15, -0.1) is 10.2 Å². The molecule has 0 unspecified atom stereocenters. The van der Waals surface area contributed by atoms with Crippen LogP contribution in [0.3, 0.4) is 0 Å². The number of nitrogens with zero attached hydrogens (tertiary/aromatic N) is 2. The molecule has 4 aromatic carbocycles. The summed E-state index contributed by atoms with van der Waals surface area (Å²) >= 11 is 1.34. The maximum Gasteiger partial charge on any atom is 0.416 e. The van der Waals surface area contributed by atoms with Crippen LogP contribution in [0.25, 0.3) is 10.6 Å². The monoisotopic (exact) mass is 519 g/mol. The molecule has 0 aliphatic rings. The fraction of sp³-hybridized carbons (Fsp3) is 0.0714. The molecule has 0 amide bonds. The third-order valence-corrected chi connectivity index (χ3v) is 6.12. The van der Waals surface area contributed by atoms with Crippen LogP contribution in [0.4, 0.5) is 24.0 Å². The molecule has 5 nitrogen and oxygen atoms in total. The topological polar surface area (TPSA) is 56.3 Å². The van der Waals surface area contributed by atoms with Crippen molar-refractivity contribution in [2.75, 3.05) is 5.32 Å². The van der Waals surface area contributed by atoms with Gasteiger partial charge in [-0.1, -0.05) is 65.9 Å². The lowest BCUT2D eigenvalue weighted by molar-refractivity contribution is -0.137.